The summed E-state index contributed by atoms with van der Waals surface area (Å²) in [6, 6.07) is 11.4. The highest BCUT2D eigenvalue weighted by molar-refractivity contribution is 7.89. The molecule has 2 aromatic rings. The molecule has 2 heterocycles. The molecule has 2 aromatic carbocycles. The van der Waals surface area contributed by atoms with Crippen LogP contribution in [0.15, 0.2) is 47.4 Å². The lowest BCUT2D eigenvalue weighted by atomic mass is 9.97. The highest BCUT2D eigenvalue weighted by Crippen LogP contribution is 2.34. The Kier molecular flexibility index (Phi) is 6.41. The Morgan fingerprint density at radius 1 is 1.22 bits per heavy atom. The standard InChI is InChI=1S/C22H24ClN3O5S/c1-2-19-22(28)25-18-13-17(6-7-20(18)31-19)32(29,30)26-10-8-14(9-11-26)21(27)24-16-5-3-4-15(23)12-16/h3-7,12-14,19H,2,8-11H2,1H3,(H,24,27)(H,25,28). The van der Waals surface area contributed by atoms with Crippen LogP contribution in [0.3, 0.4) is 0 Å². The number of fused-ring (bicyclic) bond motifs is 1. The summed E-state index contributed by atoms with van der Waals surface area (Å²) in [5.74, 6) is -0.279. The summed E-state index contributed by atoms with van der Waals surface area (Å²) >= 11 is 5.95. The van der Waals surface area contributed by atoms with Crippen molar-refractivity contribution in [2.24, 2.45) is 5.92 Å². The van der Waals surface area contributed by atoms with E-state index in [1.807, 2.05) is 6.92 Å². The van der Waals surface area contributed by atoms with Crippen molar-refractivity contribution in [2.45, 2.75) is 37.2 Å². The van der Waals surface area contributed by atoms with Crippen LogP contribution in [0.1, 0.15) is 26.2 Å². The maximum atomic E-state index is 13.1. The number of sulfonamides is 1. The Balaban J connectivity index is 1.41. The topological polar surface area (TPSA) is 105 Å². The normalized spacial score (nSPS) is 19.6. The Hall–Kier alpha value is -2.62. The first-order valence-corrected chi connectivity index (χ1v) is 12.3. The zero-order chi connectivity index (χ0) is 22.9. The van der Waals surface area contributed by atoms with Gasteiger partial charge >= 0.3 is 0 Å². The van der Waals surface area contributed by atoms with Crippen LogP contribution < -0.4 is 15.4 Å². The fourth-order valence-corrected chi connectivity index (χ4v) is 5.56. The van der Waals surface area contributed by atoms with Crippen molar-refractivity contribution < 1.29 is 22.7 Å². The molecule has 2 aliphatic heterocycles. The summed E-state index contributed by atoms with van der Waals surface area (Å²) in [6.07, 6.45) is 0.760. The molecule has 0 aliphatic carbocycles. The molecule has 0 bridgehead atoms. The first-order chi connectivity index (χ1) is 15.3. The molecule has 1 fully saturated rings. The van der Waals surface area contributed by atoms with Gasteiger partial charge in [-0.2, -0.15) is 4.31 Å². The number of ether oxygens (including phenoxy) is 1. The number of carbonyl (C=O) groups excluding carboxylic acids is 2. The van der Waals surface area contributed by atoms with Gasteiger partial charge in [0.05, 0.1) is 10.6 Å². The molecule has 0 saturated carbocycles. The molecule has 8 nitrogen and oxygen atoms in total. The first kappa shape index (κ1) is 22.6. The SMILES string of the molecule is CCC1Oc2ccc(S(=O)(=O)N3CCC(C(=O)Nc4cccc(Cl)c4)CC3)cc2NC1=O. The quantitative estimate of drug-likeness (QED) is 0.685. The number of rotatable bonds is 5. The van der Waals surface area contributed by atoms with Crippen LogP contribution in [-0.4, -0.2) is 43.7 Å². The maximum absolute atomic E-state index is 13.1. The van der Waals surface area contributed by atoms with Gasteiger partial charge in [0.2, 0.25) is 15.9 Å². The van der Waals surface area contributed by atoms with Crippen molar-refractivity contribution >= 4 is 44.8 Å². The van der Waals surface area contributed by atoms with E-state index in [1.165, 1.54) is 16.4 Å². The van der Waals surface area contributed by atoms with Crippen LogP contribution in [0, 0.1) is 5.92 Å². The summed E-state index contributed by atoms with van der Waals surface area (Å²) in [4.78, 5) is 24.7. The Labute approximate surface area is 191 Å². The fraction of sp³-hybridized carbons (Fsp3) is 0.364. The zero-order valence-electron chi connectivity index (χ0n) is 17.5. The molecule has 170 valence electrons. The van der Waals surface area contributed by atoms with Crippen LogP contribution in [0.5, 0.6) is 5.75 Å². The predicted octanol–water partition coefficient (Wildman–Crippen LogP) is 3.49. The van der Waals surface area contributed by atoms with E-state index in [2.05, 4.69) is 10.6 Å². The van der Waals surface area contributed by atoms with Crippen molar-refractivity contribution in [1.82, 2.24) is 4.31 Å². The van der Waals surface area contributed by atoms with Gasteiger partial charge in [-0.1, -0.05) is 24.6 Å². The van der Waals surface area contributed by atoms with E-state index in [9.17, 15) is 18.0 Å². The van der Waals surface area contributed by atoms with E-state index < -0.39 is 16.1 Å². The van der Waals surface area contributed by atoms with Crippen LogP contribution in [0.25, 0.3) is 0 Å². The zero-order valence-corrected chi connectivity index (χ0v) is 19.1. The number of halogens is 1. The second-order valence-corrected chi connectivity index (χ2v) is 10.2. The summed E-state index contributed by atoms with van der Waals surface area (Å²) in [5, 5.41) is 6.08. The van der Waals surface area contributed by atoms with Crippen LogP contribution >= 0.6 is 11.6 Å². The van der Waals surface area contributed by atoms with E-state index >= 15 is 0 Å². The molecule has 4 rings (SSSR count). The number of nitrogens with one attached hydrogen (secondary N) is 2. The number of anilines is 2. The summed E-state index contributed by atoms with van der Waals surface area (Å²) in [6.45, 7) is 2.30. The number of benzene rings is 2. The van der Waals surface area contributed by atoms with E-state index in [-0.39, 0.29) is 35.7 Å². The van der Waals surface area contributed by atoms with Crippen molar-refractivity contribution in [3.63, 3.8) is 0 Å². The van der Waals surface area contributed by atoms with Gasteiger partial charge in [-0.15, -0.1) is 0 Å². The Bertz CT molecular complexity index is 1150. The molecule has 2 amide bonds. The van der Waals surface area contributed by atoms with Gasteiger partial charge in [0.25, 0.3) is 5.91 Å². The number of piperidine rings is 1. The summed E-state index contributed by atoms with van der Waals surface area (Å²) in [5.41, 5.74) is 0.956. The monoisotopic (exact) mass is 477 g/mol. The Morgan fingerprint density at radius 2 is 1.97 bits per heavy atom. The largest absolute Gasteiger partial charge is 0.478 e. The van der Waals surface area contributed by atoms with Gasteiger partial charge in [-0.3, -0.25) is 9.59 Å². The number of hydrogen-bond acceptors (Lipinski definition) is 5. The van der Waals surface area contributed by atoms with E-state index in [1.54, 1.807) is 30.3 Å². The average molecular weight is 478 g/mol. The van der Waals surface area contributed by atoms with E-state index in [0.29, 0.717) is 41.4 Å². The minimum absolute atomic E-state index is 0.0805. The molecule has 10 heteroatoms. The third kappa shape index (κ3) is 4.60. The lowest BCUT2D eigenvalue weighted by Crippen LogP contribution is -2.41. The highest BCUT2D eigenvalue weighted by atomic mass is 35.5. The predicted molar refractivity (Wildman–Crippen MR) is 121 cm³/mol. The second-order valence-electron chi connectivity index (χ2n) is 7.84. The molecule has 2 N–H and O–H groups in total. The summed E-state index contributed by atoms with van der Waals surface area (Å²) < 4.78 is 33.3. The van der Waals surface area contributed by atoms with Crippen LogP contribution in [0.4, 0.5) is 11.4 Å². The first-order valence-electron chi connectivity index (χ1n) is 10.5. The van der Waals surface area contributed by atoms with Crippen LogP contribution in [-0.2, 0) is 19.6 Å². The minimum Gasteiger partial charge on any atom is -0.478 e. The average Bonchev–Trinajstić information content (AvgIpc) is 2.78. The molecule has 0 spiro atoms. The second kappa shape index (κ2) is 9.09. The molecular weight excluding hydrogens is 454 g/mol. The maximum Gasteiger partial charge on any atom is 0.265 e. The van der Waals surface area contributed by atoms with Gasteiger partial charge in [0.15, 0.2) is 6.10 Å². The number of carbonyl (C=O) groups is 2. The molecular formula is C22H24ClN3O5S. The fourth-order valence-electron chi connectivity index (χ4n) is 3.88. The smallest absolute Gasteiger partial charge is 0.265 e. The third-order valence-corrected chi connectivity index (χ3v) is 7.83. The van der Waals surface area contributed by atoms with Crippen molar-refractivity contribution in [2.75, 3.05) is 23.7 Å². The Morgan fingerprint density at radius 3 is 2.66 bits per heavy atom. The molecule has 0 radical (unpaired) electrons. The molecule has 2 aliphatic rings. The third-order valence-electron chi connectivity index (χ3n) is 5.70. The van der Waals surface area contributed by atoms with Gasteiger partial charge in [0.1, 0.15) is 5.75 Å². The van der Waals surface area contributed by atoms with Gasteiger partial charge < -0.3 is 15.4 Å². The van der Waals surface area contributed by atoms with Crippen molar-refractivity contribution in [3.05, 3.63) is 47.5 Å². The molecule has 1 unspecified atom stereocenters. The minimum atomic E-state index is -3.77. The van der Waals surface area contributed by atoms with E-state index in [4.69, 9.17) is 16.3 Å². The molecule has 1 saturated heterocycles. The highest BCUT2D eigenvalue weighted by Gasteiger charge is 2.33. The number of nitrogens with zero attached hydrogens (tertiary/aromatic N) is 1. The van der Waals surface area contributed by atoms with E-state index in [0.717, 1.165) is 0 Å². The van der Waals surface area contributed by atoms with Crippen molar-refractivity contribution in [1.29, 1.82) is 0 Å². The number of hydrogen-bond donors (Lipinski definition) is 2. The molecule has 1 atom stereocenters. The van der Waals surface area contributed by atoms with Crippen LogP contribution in [0.2, 0.25) is 5.02 Å². The lowest BCUT2D eigenvalue weighted by Gasteiger charge is -2.31. The summed E-state index contributed by atoms with van der Waals surface area (Å²) in [7, 11) is -3.77. The number of amides is 2. The molecule has 0 aromatic heterocycles. The van der Waals surface area contributed by atoms with Gasteiger partial charge in [-0.25, -0.2) is 8.42 Å². The van der Waals surface area contributed by atoms with Gasteiger partial charge in [0, 0.05) is 29.7 Å². The molecule has 32 heavy (non-hydrogen) atoms. The lowest BCUT2D eigenvalue weighted by molar-refractivity contribution is -0.123. The van der Waals surface area contributed by atoms with Gasteiger partial charge in [-0.05, 0) is 55.7 Å². The van der Waals surface area contributed by atoms with Crippen molar-refractivity contribution in [3.8, 4) is 5.75 Å².